The molecule has 1 aromatic carbocycles. The van der Waals surface area contributed by atoms with Crippen molar-refractivity contribution in [2.75, 3.05) is 38.9 Å². The first-order chi connectivity index (χ1) is 9.51. The van der Waals surface area contributed by atoms with Gasteiger partial charge in [-0.25, -0.2) is 0 Å². The molecule has 0 saturated heterocycles. The lowest BCUT2D eigenvalue weighted by molar-refractivity contribution is 0.101. The van der Waals surface area contributed by atoms with Gasteiger partial charge in [0.1, 0.15) is 0 Å². The van der Waals surface area contributed by atoms with Crippen LogP contribution in [0.2, 0.25) is 0 Å². The van der Waals surface area contributed by atoms with Crippen LogP contribution < -0.4 is 4.90 Å². The molecule has 5 heteroatoms. The van der Waals surface area contributed by atoms with Crippen molar-refractivity contribution >= 4 is 27.4 Å². The highest BCUT2D eigenvalue weighted by Gasteiger charge is 2.16. The number of methoxy groups -OCH3 is 2. The molecule has 1 atom stereocenters. The summed E-state index contributed by atoms with van der Waals surface area (Å²) in [5.74, 6) is 0.0526. The monoisotopic (exact) mass is 343 g/mol. The number of hydrogen-bond donors (Lipinski definition) is 0. The minimum absolute atomic E-state index is 0.0526. The first-order valence-corrected chi connectivity index (χ1v) is 7.35. The molecule has 1 unspecified atom stereocenters. The van der Waals surface area contributed by atoms with Gasteiger partial charge in [0.25, 0.3) is 0 Å². The first-order valence-electron chi connectivity index (χ1n) is 6.56. The van der Waals surface area contributed by atoms with Crippen molar-refractivity contribution in [1.82, 2.24) is 0 Å². The van der Waals surface area contributed by atoms with Gasteiger partial charge in [0, 0.05) is 42.5 Å². The molecule has 4 nitrogen and oxygen atoms in total. The molecule has 0 aliphatic rings. The largest absolute Gasteiger partial charge is 0.383 e. The van der Waals surface area contributed by atoms with E-state index in [9.17, 15) is 4.79 Å². The van der Waals surface area contributed by atoms with Gasteiger partial charge >= 0.3 is 0 Å². The highest BCUT2D eigenvalue weighted by molar-refractivity contribution is 9.10. The van der Waals surface area contributed by atoms with E-state index in [1.807, 2.05) is 18.2 Å². The van der Waals surface area contributed by atoms with Gasteiger partial charge in [-0.3, -0.25) is 4.79 Å². The number of nitrogens with zero attached hydrogens (tertiary/aromatic N) is 1. The molecule has 0 fully saturated rings. The van der Waals surface area contributed by atoms with Crippen LogP contribution in [0.3, 0.4) is 0 Å². The summed E-state index contributed by atoms with van der Waals surface area (Å²) in [5.41, 5.74) is 1.74. The number of Topliss-reactive ketones (excluding diaryl/α,β-unsaturated/α-hetero) is 1. The fourth-order valence-electron chi connectivity index (χ4n) is 2.09. The number of hydrogen-bond acceptors (Lipinski definition) is 4. The third kappa shape index (κ3) is 4.58. The maximum atomic E-state index is 11.5. The summed E-state index contributed by atoms with van der Waals surface area (Å²) >= 11 is 3.46. The van der Waals surface area contributed by atoms with E-state index in [-0.39, 0.29) is 11.8 Å². The zero-order valence-corrected chi connectivity index (χ0v) is 14.1. The molecule has 20 heavy (non-hydrogen) atoms. The molecule has 0 N–H and O–H groups in total. The Balaban J connectivity index is 3.00. The Hall–Kier alpha value is -0.910. The van der Waals surface area contributed by atoms with E-state index in [1.54, 1.807) is 21.1 Å². The molecule has 0 heterocycles. The van der Waals surface area contributed by atoms with Crippen LogP contribution in [0.1, 0.15) is 24.2 Å². The fraction of sp³-hybridized carbons (Fsp3) is 0.533. The van der Waals surface area contributed by atoms with E-state index in [0.29, 0.717) is 18.8 Å². The Labute approximate surface area is 129 Å². The summed E-state index contributed by atoms with van der Waals surface area (Å²) < 4.78 is 11.2. The SMILES string of the molecule is COCCN(c1ccc(C(C)=O)c(Br)c1)C(C)COC. The summed E-state index contributed by atoms with van der Waals surface area (Å²) in [6, 6.07) is 6.01. The Morgan fingerprint density at radius 1 is 1.35 bits per heavy atom. The van der Waals surface area contributed by atoms with Crippen LogP contribution in [0.4, 0.5) is 5.69 Å². The van der Waals surface area contributed by atoms with E-state index in [0.717, 1.165) is 16.7 Å². The average Bonchev–Trinajstić information content (AvgIpc) is 2.39. The van der Waals surface area contributed by atoms with Gasteiger partial charge in [-0.2, -0.15) is 0 Å². The van der Waals surface area contributed by atoms with E-state index in [1.165, 1.54) is 0 Å². The third-order valence-corrected chi connectivity index (χ3v) is 3.80. The standard InChI is InChI=1S/C15H22BrNO3/c1-11(10-20-4)17(7-8-19-3)13-5-6-14(12(2)18)15(16)9-13/h5-6,9,11H,7-8,10H2,1-4H3. The zero-order chi connectivity index (χ0) is 15.1. The van der Waals surface area contributed by atoms with Crippen molar-refractivity contribution in [3.8, 4) is 0 Å². The summed E-state index contributed by atoms with van der Waals surface area (Å²) in [7, 11) is 3.38. The van der Waals surface area contributed by atoms with E-state index >= 15 is 0 Å². The molecular formula is C15H22BrNO3. The van der Waals surface area contributed by atoms with Gasteiger partial charge in [-0.1, -0.05) is 0 Å². The number of benzene rings is 1. The maximum absolute atomic E-state index is 11.5. The van der Waals surface area contributed by atoms with Crippen molar-refractivity contribution in [2.24, 2.45) is 0 Å². The lowest BCUT2D eigenvalue weighted by Gasteiger charge is -2.31. The summed E-state index contributed by atoms with van der Waals surface area (Å²) in [6.07, 6.45) is 0. The van der Waals surface area contributed by atoms with E-state index < -0.39 is 0 Å². The molecule has 1 rings (SSSR count). The van der Waals surface area contributed by atoms with Gasteiger partial charge in [0.15, 0.2) is 5.78 Å². The van der Waals surface area contributed by atoms with Crippen molar-refractivity contribution in [1.29, 1.82) is 0 Å². The van der Waals surface area contributed by atoms with Gasteiger partial charge < -0.3 is 14.4 Å². The van der Waals surface area contributed by atoms with Crippen LogP contribution in [0.5, 0.6) is 0 Å². The molecule has 0 bridgehead atoms. The molecule has 0 aromatic heterocycles. The molecule has 0 spiro atoms. The number of halogens is 1. The topological polar surface area (TPSA) is 38.8 Å². The Morgan fingerprint density at radius 2 is 2.05 bits per heavy atom. The third-order valence-electron chi connectivity index (χ3n) is 3.14. The second-order valence-corrected chi connectivity index (χ2v) is 5.57. The molecule has 112 valence electrons. The van der Waals surface area contributed by atoms with Crippen molar-refractivity contribution in [2.45, 2.75) is 19.9 Å². The Bertz CT molecular complexity index is 451. The van der Waals surface area contributed by atoms with Crippen molar-refractivity contribution in [3.05, 3.63) is 28.2 Å². The molecule has 0 aliphatic heterocycles. The first kappa shape index (κ1) is 17.1. The van der Waals surface area contributed by atoms with Crippen LogP contribution in [-0.4, -0.2) is 45.8 Å². The molecule has 0 radical (unpaired) electrons. The van der Waals surface area contributed by atoms with Gasteiger partial charge in [0.05, 0.1) is 13.2 Å². The summed E-state index contributed by atoms with van der Waals surface area (Å²) in [4.78, 5) is 13.7. The average molecular weight is 344 g/mol. The Kier molecular flexibility index (Phi) is 7.19. The van der Waals surface area contributed by atoms with Gasteiger partial charge in [-0.05, 0) is 48.0 Å². The number of rotatable bonds is 8. The number of carbonyl (C=O) groups is 1. The molecule has 0 aliphatic carbocycles. The maximum Gasteiger partial charge on any atom is 0.160 e. The quantitative estimate of drug-likeness (QED) is 0.679. The highest BCUT2D eigenvalue weighted by atomic mass is 79.9. The van der Waals surface area contributed by atoms with Gasteiger partial charge in [0.2, 0.25) is 0 Å². The van der Waals surface area contributed by atoms with Crippen LogP contribution in [-0.2, 0) is 9.47 Å². The number of ketones is 1. The highest BCUT2D eigenvalue weighted by Crippen LogP contribution is 2.26. The fourth-order valence-corrected chi connectivity index (χ4v) is 2.74. The Morgan fingerprint density at radius 3 is 2.55 bits per heavy atom. The molecule has 1 aromatic rings. The second kappa shape index (κ2) is 8.39. The smallest absolute Gasteiger partial charge is 0.160 e. The normalized spacial score (nSPS) is 12.2. The second-order valence-electron chi connectivity index (χ2n) is 4.71. The minimum Gasteiger partial charge on any atom is -0.383 e. The zero-order valence-electron chi connectivity index (χ0n) is 12.5. The van der Waals surface area contributed by atoms with Crippen molar-refractivity contribution < 1.29 is 14.3 Å². The van der Waals surface area contributed by atoms with Crippen molar-refractivity contribution in [3.63, 3.8) is 0 Å². The van der Waals surface area contributed by atoms with Gasteiger partial charge in [-0.15, -0.1) is 0 Å². The minimum atomic E-state index is 0.0526. The molecular weight excluding hydrogens is 322 g/mol. The molecule has 0 amide bonds. The summed E-state index contributed by atoms with van der Waals surface area (Å²) in [5, 5.41) is 0. The number of anilines is 1. The van der Waals surface area contributed by atoms with E-state index in [4.69, 9.17) is 9.47 Å². The predicted octanol–water partition coefficient (Wildman–Crippen LogP) is 3.14. The lowest BCUT2D eigenvalue weighted by Crippen LogP contribution is -2.38. The predicted molar refractivity (Wildman–Crippen MR) is 84.7 cm³/mol. The summed E-state index contributed by atoms with van der Waals surface area (Å²) in [6.45, 7) is 5.71. The van der Waals surface area contributed by atoms with Crippen LogP contribution in [0.15, 0.2) is 22.7 Å². The van der Waals surface area contributed by atoms with Crippen LogP contribution in [0, 0.1) is 0 Å². The number of carbonyl (C=O) groups excluding carboxylic acids is 1. The van der Waals surface area contributed by atoms with Crippen LogP contribution >= 0.6 is 15.9 Å². The van der Waals surface area contributed by atoms with Crippen LogP contribution in [0.25, 0.3) is 0 Å². The number of ether oxygens (including phenoxy) is 2. The lowest BCUT2D eigenvalue weighted by atomic mass is 10.1. The molecule has 0 saturated carbocycles. The van der Waals surface area contributed by atoms with E-state index in [2.05, 4.69) is 27.8 Å².